The van der Waals surface area contributed by atoms with Crippen molar-refractivity contribution in [1.29, 1.82) is 0 Å². The van der Waals surface area contributed by atoms with Gasteiger partial charge in [0.25, 0.3) is 0 Å². The lowest BCUT2D eigenvalue weighted by Crippen LogP contribution is -2.25. The average Bonchev–Trinajstić information content (AvgIpc) is 2.49. The van der Waals surface area contributed by atoms with E-state index in [2.05, 4.69) is 41.9 Å². The van der Waals surface area contributed by atoms with Crippen molar-refractivity contribution >= 4 is 37.8 Å². The van der Waals surface area contributed by atoms with Gasteiger partial charge < -0.3 is 10.1 Å². The predicted octanol–water partition coefficient (Wildman–Crippen LogP) is 4.67. The van der Waals surface area contributed by atoms with E-state index in [0.29, 0.717) is 5.56 Å². The Morgan fingerprint density at radius 1 is 1.09 bits per heavy atom. The molecule has 3 nitrogen and oxygen atoms in total. The van der Waals surface area contributed by atoms with Gasteiger partial charge in [0.1, 0.15) is 5.75 Å². The topological polar surface area (TPSA) is 38.3 Å². The molecule has 0 fully saturated rings. The number of carbonyl (C=O) groups excluding carboxylic acids is 1. The zero-order chi connectivity index (χ0) is 16.8. The minimum atomic E-state index is -2.91. The molecule has 23 heavy (non-hydrogen) atoms. The molecular weight excluding hydrogens is 436 g/mol. The smallest absolute Gasteiger partial charge is 0.387 e. The van der Waals surface area contributed by atoms with Gasteiger partial charge in [-0.25, -0.2) is 0 Å². The summed E-state index contributed by atoms with van der Waals surface area (Å²) in [4.78, 5) is 12.0. The predicted molar refractivity (Wildman–Crippen MR) is 90.5 cm³/mol. The van der Waals surface area contributed by atoms with Gasteiger partial charge in [0.05, 0.1) is 6.42 Å². The molecule has 0 unspecified atom stereocenters. The number of hydrogen-bond acceptors (Lipinski definition) is 2. The molecular formula is C16H13Br2F2NO2. The molecule has 1 amide bonds. The number of ether oxygens (including phenoxy) is 1. The van der Waals surface area contributed by atoms with E-state index in [1.807, 2.05) is 24.3 Å². The summed E-state index contributed by atoms with van der Waals surface area (Å²) in [6.45, 7) is -2.80. The molecule has 0 spiro atoms. The van der Waals surface area contributed by atoms with Crippen LogP contribution in [0.4, 0.5) is 8.78 Å². The molecule has 0 saturated heterocycles. The Hall–Kier alpha value is -1.47. The molecule has 7 heteroatoms. The van der Waals surface area contributed by atoms with Gasteiger partial charge in [0.2, 0.25) is 5.91 Å². The zero-order valence-corrected chi connectivity index (χ0v) is 15.0. The highest BCUT2D eigenvalue weighted by molar-refractivity contribution is 9.10. The van der Waals surface area contributed by atoms with Crippen LogP contribution in [0.25, 0.3) is 0 Å². The molecule has 0 atom stereocenters. The second kappa shape index (κ2) is 8.40. The number of halogens is 4. The molecule has 2 aromatic rings. The first-order valence-corrected chi connectivity index (χ1v) is 8.27. The van der Waals surface area contributed by atoms with Crippen molar-refractivity contribution in [2.45, 2.75) is 19.6 Å². The maximum absolute atomic E-state index is 12.4. The largest absolute Gasteiger partial charge is 0.434 e. The van der Waals surface area contributed by atoms with Gasteiger partial charge in [-0.05, 0) is 35.9 Å². The molecule has 122 valence electrons. The number of hydrogen-bond donors (Lipinski definition) is 1. The second-order valence-electron chi connectivity index (χ2n) is 4.71. The fraction of sp³-hybridized carbons (Fsp3) is 0.188. The summed E-state index contributed by atoms with van der Waals surface area (Å²) >= 11 is 6.60. The van der Waals surface area contributed by atoms with Crippen molar-refractivity contribution in [2.75, 3.05) is 0 Å². The third-order valence-electron chi connectivity index (χ3n) is 2.99. The van der Waals surface area contributed by atoms with E-state index >= 15 is 0 Å². The summed E-state index contributed by atoms with van der Waals surface area (Å²) in [6.07, 6.45) is 0.215. The molecule has 2 rings (SSSR count). The van der Waals surface area contributed by atoms with E-state index in [-0.39, 0.29) is 24.6 Å². The van der Waals surface area contributed by atoms with Crippen LogP contribution in [0.5, 0.6) is 5.75 Å². The highest BCUT2D eigenvalue weighted by atomic mass is 79.9. The van der Waals surface area contributed by atoms with Crippen molar-refractivity contribution in [3.63, 3.8) is 0 Å². The fourth-order valence-corrected chi connectivity index (χ4v) is 2.61. The maximum Gasteiger partial charge on any atom is 0.387 e. The van der Waals surface area contributed by atoms with E-state index in [4.69, 9.17) is 0 Å². The summed E-state index contributed by atoms with van der Waals surface area (Å²) in [5.74, 6) is -0.151. The van der Waals surface area contributed by atoms with Gasteiger partial charge in [0, 0.05) is 21.1 Å². The quantitative estimate of drug-likeness (QED) is 0.697. The van der Waals surface area contributed by atoms with E-state index < -0.39 is 6.61 Å². The Labute approximate surface area is 149 Å². The molecule has 2 aromatic carbocycles. The average molecular weight is 449 g/mol. The monoisotopic (exact) mass is 447 g/mol. The van der Waals surface area contributed by atoms with Gasteiger partial charge in [-0.2, -0.15) is 8.78 Å². The highest BCUT2D eigenvalue weighted by Crippen LogP contribution is 2.24. The minimum absolute atomic E-state index is 0.0483. The lowest BCUT2D eigenvalue weighted by atomic mass is 10.1. The summed E-state index contributed by atoms with van der Waals surface area (Å²) in [5, 5.41) is 2.71. The van der Waals surface area contributed by atoms with Crippen molar-refractivity contribution in [2.24, 2.45) is 0 Å². The fourth-order valence-electron chi connectivity index (χ4n) is 1.94. The lowest BCUT2D eigenvalue weighted by molar-refractivity contribution is -0.120. The molecule has 0 saturated carbocycles. The van der Waals surface area contributed by atoms with E-state index in [1.54, 1.807) is 12.1 Å². The lowest BCUT2D eigenvalue weighted by Gasteiger charge is -2.12. The van der Waals surface area contributed by atoms with Crippen LogP contribution in [0.15, 0.2) is 51.4 Å². The van der Waals surface area contributed by atoms with Crippen LogP contribution >= 0.6 is 31.9 Å². The van der Waals surface area contributed by atoms with Crippen LogP contribution in [0, 0.1) is 0 Å². The standard InChI is InChI=1S/C16H13Br2F2NO2/c17-12-3-1-10(2-4-12)7-15(22)21-9-11-8-13(18)5-6-14(11)23-16(19)20/h1-6,8,16H,7,9H2,(H,21,22). The Kier molecular flexibility index (Phi) is 6.53. The molecule has 0 bridgehead atoms. The number of alkyl halides is 2. The molecule has 0 aliphatic rings. The summed E-state index contributed by atoms with van der Waals surface area (Å²) < 4.78 is 30.9. The van der Waals surface area contributed by atoms with Crippen LogP contribution in [0.2, 0.25) is 0 Å². The number of rotatable bonds is 6. The molecule has 0 aliphatic carbocycles. The first-order chi connectivity index (χ1) is 10.9. The van der Waals surface area contributed by atoms with Crippen molar-refractivity contribution in [1.82, 2.24) is 5.32 Å². The number of nitrogens with one attached hydrogen (secondary N) is 1. The van der Waals surface area contributed by atoms with E-state index in [0.717, 1.165) is 14.5 Å². The van der Waals surface area contributed by atoms with Crippen LogP contribution in [0.3, 0.4) is 0 Å². The second-order valence-corrected chi connectivity index (χ2v) is 6.54. The normalized spacial score (nSPS) is 10.7. The van der Waals surface area contributed by atoms with Gasteiger partial charge in [-0.15, -0.1) is 0 Å². The van der Waals surface area contributed by atoms with Crippen LogP contribution < -0.4 is 10.1 Å². The van der Waals surface area contributed by atoms with E-state index in [1.165, 1.54) is 6.07 Å². The van der Waals surface area contributed by atoms with Gasteiger partial charge >= 0.3 is 6.61 Å². The third kappa shape index (κ3) is 5.91. The van der Waals surface area contributed by atoms with Gasteiger partial charge in [-0.1, -0.05) is 44.0 Å². The Morgan fingerprint density at radius 3 is 2.39 bits per heavy atom. The number of carbonyl (C=O) groups is 1. The molecule has 0 heterocycles. The van der Waals surface area contributed by atoms with Crippen molar-refractivity contribution < 1.29 is 18.3 Å². The summed E-state index contributed by atoms with van der Waals surface area (Å²) in [5.41, 5.74) is 1.34. The Morgan fingerprint density at radius 2 is 1.74 bits per heavy atom. The molecule has 1 N–H and O–H groups in total. The van der Waals surface area contributed by atoms with Crippen molar-refractivity contribution in [3.05, 3.63) is 62.5 Å². The zero-order valence-electron chi connectivity index (χ0n) is 11.9. The van der Waals surface area contributed by atoms with Crippen LogP contribution in [-0.2, 0) is 17.8 Å². The Balaban J connectivity index is 1.98. The molecule has 0 aromatic heterocycles. The van der Waals surface area contributed by atoms with Gasteiger partial charge in [-0.3, -0.25) is 4.79 Å². The number of benzene rings is 2. The molecule has 0 radical (unpaired) electrons. The SMILES string of the molecule is O=C(Cc1ccc(Br)cc1)NCc1cc(Br)ccc1OC(F)F. The van der Waals surface area contributed by atoms with Crippen LogP contribution in [-0.4, -0.2) is 12.5 Å². The Bertz CT molecular complexity index is 678. The van der Waals surface area contributed by atoms with Crippen molar-refractivity contribution in [3.8, 4) is 5.75 Å². The maximum atomic E-state index is 12.4. The minimum Gasteiger partial charge on any atom is -0.434 e. The van der Waals surface area contributed by atoms with Gasteiger partial charge in [0.15, 0.2) is 0 Å². The third-order valence-corrected chi connectivity index (χ3v) is 4.01. The summed E-state index contributed by atoms with van der Waals surface area (Å²) in [6, 6.07) is 12.1. The highest BCUT2D eigenvalue weighted by Gasteiger charge is 2.11. The molecule has 0 aliphatic heterocycles. The number of amides is 1. The van der Waals surface area contributed by atoms with E-state index in [9.17, 15) is 13.6 Å². The summed E-state index contributed by atoms with van der Waals surface area (Å²) in [7, 11) is 0. The van der Waals surface area contributed by atoms with Crippen LogP contribution in [0.1, 0.15) is 11.1 Å². The first kappa shape index (κ1) is 17.9. The first-order valence-electron chi connectivity index (χ1n) is 6.68.